The van der Waals surface area contributed by atoms with Gasteiger partial charge < -0.3 is 10.1 Å². The molecule has 0 aliphatic rings. The minimum Gasteiger partial charge on any atom is -0.384 e. The third kappa shape index (κ3) is 4.44. The quantitative estimate of drug-likeness (QED) is 0.823. The first-order chi connectivity index (χ1) is 8.04. The van der Waals surface area contributed by atoms with Gasteiger partial charge in [0.25, 0.3) is 0 Å². The fourth-order valence-electron chi connectivity index (χ4n) is 1.72. The van der Waals surface area contributed by atoms with E-state index in [1.54, 1.807) is 20.1 Å². The second-order valence-corrected chi connectivity index (χ2v) is 4.70. The molecule has 0 saturated heterocycles. The first kappa shape index (κ1) is 14.1. The minimum atomic E-state index is -0.138. The zero-order valence-electron chi connectivity index (χ0n) is 11.1. The summed E-state index contributed by atoms with van der Waals surface area (Å²) in [5.41, 5.74) is 1.67. The molecule has 0 spiro atoms. The van der Waals surface area contributed by atoms with Gasteiger partial charge in [0.15, 0.2) is 0 Å². The molecule has 0 aromatic heterocycles. The average molecular weight is 239 g/mol. The Morgan fingerprint density at radius 2 is 2.06 bits per heavy atom. The Kier molecular flexibility index (Phi) is 5.59. The van der Waals surface area contributed by atoms with Gasteiger partial charge in [0.2, 0.25) is 0 Å². The van der Waals surface area contributed by atoms with Crippen molar-refractivity contribution in [3.63, 3.8) is 0 Å². The summed E-state index contributed by atoms with van der Waals surface area (Å²) in [6.07, 6.45) is 0. The highest BCUT2D eigenvalue weighted by atomic mass is 19.1. The zero-order chi connectivity index (χ0) is 12.8. The van der Waals surface area contributed by atoms with Crippen molar-refractivity contribution < 1.29 is 9.13 Å². The fraction of sp³-hybridized carbons (Fsp3) is 0.571. The summed E-state index contributed by atoms with van der Waals surface area (Å²) < 4.78 is 18.5. The van der Waals surface area contributed by atoms with Crippen molar-refractivity contribution in [1.82, 2.24) is 5.32 Å². The Balaban J connectivity index is 2.52. The van der Waals surface area contributed by atoms with Gasteiger partial charge in [-0.05, 0) is 37.0 Å². The van der Waals surface area contributed by atoms with E-state index in [1.165, 1.54) is 0 Å². The SMILES string of the molecule is COCC(C)CNC(C)c1ccc(C)c(F)c1. The molecule has 2 atom stereocenters. The van der Waals surface area contributed by atoms with Gasteiger partial charge in [-0.3, -0.25) is 0 Å². The first-order valence-corrected chi connectivity index (χ1v) is 6.03. The number of benzene rings is 1. The van der Waals surface area contributed by atoms with E-state index in [0.29, 0.717) is 11.5 Å². The number of hydrogen-bond acceptors (Lipinski definition) is 2. The van der Waals surface area contributed by atoms with Gasteiger partial charge in [0.1, 0.15) is 5.82 Å². The highest BCUT2D eigenvalue weighted by Gasteiger charge is 2.09. The molecule has 0 aliphatic heterocycles. The van der Waals surface area contributed by atoms with Crippen LogP contribution in [0.5, 0.6) is 0 Å². The molecule has 96 valence electrons. The normalized spacial score (nSPS) is 14.6. The van der Waals surface area contributed by atoms with E-state index in [0.717, 1.165) is 18.7 Å². The molecule has 1 rings (SSSR count). The van der Waals surface area contributed by atoms with Gasteiger partial charge in [-0.2, -0.15) is 0 Å². The summed E-state index contributed by atoms with van der Waals surface area (Å²) in [6, 6.07) is 5.55. The van der Waals surface area contributed by atoms with Crippen molar-refractivity contribution in [3.8, 4) is 0 Å². The smallest absolute Gasteiger partial charge is 0.126 e. The van der Waals surface area contributed by atoms with Crippen LogP contribution in [0.1, 0.15) is 31.0 Å². The second-order valence-electron chi connectivity index (χ2n) is 4.70. The molecule has 0 radical (unpaired) electrons. The molecule has 1 aromatic rings. The molecule has 3 heteroatoms. The van der Waals surface area contributed by atoms with Crippen molar-refractivity contribution in [2.75, 3.05) is 20.3 Å². The highest BCUT2D eigenvalue weighted by Crippen LogP contribution is 2.16. The maximum atomic E-state index is 13.4. The molecule has 0 bridgehead atoms. The summed E-state index contributed by atoms with van der Waals surface area (Å²) in [5, 5.41) is 3.38. The second kappa shape index (κ2) is 6.72. The predicted molar refractivity (Wildman–Crippen MR) is 68.6 cm³/mol. The molecule has 2 unspecified atom stereocenters. The van der Waals surface area contributed by atoms with E-state index >= 15 is 0 Å². The molecule has 17 heavy (non-hydrogen) atoms. The molecular formula is C14H22FNO. The van der Waals surface area contributed by atoms with Crippen LogP contribution in [0.3, 0.4) is 0 Å². The Morgan fingerprint density at radius 3 is 2.65 bits per heavy atom. The monoisotopic (exact) mass is 239 g/mol. The lowest BCUT2D eigenvalue weighted by molar-refractivity contribution is 0.157. The van der Waals surface area contributed by atoms with E-state index in [-0.39, 0.29) is 11.9 Å². The summed E-state index contributed by atoms with van der Waals surface area (Å²) in [5.74, 6) is 0.318. The van der Waals surface area contributed by atoms with Gasteiger partial charge in [-0.15, -0.1) is 0 Å². The number of aryl methyl sites for hydroxylation is 1. The van der Waals surface area contributed by atoms with Gasteiger partial charge in [0.05, 0.1) is 0 Å². The molecular weight excluding hydrogens is 217 g/mol. The largest absolute Gasteiger partial charge is 0.384 e. The fourth-order valence-corrected chi connectivity index (χ4v) is 1.72. The summed E-state index contributed by atoms with van der Waals surface area (Å²) >= 11 is 0. The number of nitrogens with one attached hydrogen (secondary N) is 1. The molecule has 1 aromatic carbocycles. The minimum absolute atomic E-state index is 0.138. The van der Waals surface area contributed by atoms with Crippen molar-refractivity contribution in [3.05, 3.63) is 35.1 Å². The standard InChI is InChI=1S/C14H22FNO/c1-10(9-17-4)8-16-12(3)13-6-5-11(2)14(15)7-13/h5-7,10,12,16H,8-9H2,1-4H3. The summed E-state index contributed by atoms with van der Waals surface area (Å²) in [4.78, 5) is 0. The zero-order valence-corrected chi connectivity index (χ0v) is 11.1. The van der Waals surface area contributed by atoms with Crippen LogP contribution < -0.4 is 5.32 Å². The molecule has 0 amide bonds. The number of halogens is 1. The van der Waals surface area contributed by atoms with Crippen LogP contribution >= 0.6 is 0 Å². The van der Waals surface area contributed by atoms with E-state index in [2.05, 4.69) is 12.2 Å². The van der Waals surface area contributed by atoms with Crippen LogP contribution in [0.2, 0.25) is 0 Å². The Labute approximate surface area is 103 Å². The summed E-state index contributed by atoms with van der Waals surface area (Å²) in [7, 11) is 1.70. The van der Waals surface area contributed by atoms with Crippen LogP contribution in [0.25, 0.3) is 0 Å². The number of rotatable bonds is 6. The van der Waals surface area contributed by atoms with Crippen LogP contribution in [0.4, 0.5) is 4.39 Å². The van der Waals surface area contributed by atoms with Gasteiger partial charge >= 0.3 is 0 Å². The van der Waals surface area contributed by atoms with Gasteiger partial charge in [-0.1, -0.05) is 19.1 Å². The van der Waals surface area contributed by atoms with Gasteiger partial charge in [0, 0.05) is 26.3 Å². The molecule has 0 aliphatic carbocycles. The maximum absolute atomic E-state index is 13.4. The molecule has 0 saturated carbocycles. The molecule has 0 fully saturated rings. The topological polar surface area (TPSA) is 21.3 Å². The third-order valence-electron chi connectivity index (χ3n) is 2.92. The van der Waals surface area contributed by atoms with Crippen molar-refractivity contribution in [2.45, 2.75) is 26.8 Å². The lowest BCUT2D eigenvalue weighted by Gasteiger charge is -2.18. The molecule has 2 nitrogen and oxygen atoms in total. The van der Waals surface area contributed by atoms with E-state index in [9.17, 15) is 4.39 Å². The average Bonchev–Trinajstić information content (AvgIpc) is 2.30. The lowest BCUT2D eigenvalue weighted by Crippen LogP contribution is -2.26. The number of hydrogen-bond donors (Lipinski definition) is 1. The first-order valence-electron chi connectivity index (χ1n) is 6.03. The van der Waals surface area contributed by atoms with E-state index in [1.807, 2.05) is 19.1 Å². The Hall–Kier alpha value is -0.930. The van der Waals surface area contributed by atoms with Crippen molar-refractivity contribution >= 4 is 0 Å². The molecule has 0 heterocycles. The third-order valence-corrected chi connectivity index (χ3v) is 2.92. The van der Waals surface area contributed by atoms with Crippen LogP contribution in [0, 0.1) is 18.7 Å². The van der Waals surface area contributed by atoms with Crippen molar-refractivity contribution in [1.29, 1.82) is 0 Å². The predicted octanol–water partition coefficient (Wildman–Crippen LogP) is 3.07. The van der Waals surface area contributed by atoms with Crippen LogP contribution in [-0.2, 0) is 4.74 Å². The Bertz CT molecular complexity index is 354. The number of ether oxygens (including phenoxy) is 1. The maximum Gasteiger partial charge on any atom is 0.126 e. The van der Waals surface area contributed by atoms with Crippen molar-refractivity contribution in [2.24, 2.45) is 5.92 Å². The van der Waals surface area contributed by atoms with Crippen LogP contribution in [0.15, 0.2) is 18.2 Å². The summed E-state index contributed by atoms with van der Waals surface area (Å²) in [6.45, 7) is 7.55. The Morgan fingerprint density at radius 1 is 1.35 bits per heavy atom. The van der Waals surface area contributed by atoms with E-state index in [4.69, 9.17) is 4.74 Å². The van der Waals surface area contributed by atoms with Gasteiger partial charge in [-0.25, -0.2) is 4.39 Å². The highest BCUT2D eigenvalue weighted by molar-refractivity contribution is 5.25. The van der Waals surface area contributed by atoms with E-state index < -0.39 is 0 Å². The van der Waals surface area contributed by atoms with Crippen LogP contribution in [-0.4, -0.2) is 20.3 Å². The number of methoxy groups -OCH3 is 1. The lowest BCUT2D eigenvalue weighted by atomic mass is 10.1. The molecule has 1 N–H and O–H groups in total.